The Morgan fingerprint density at radius 1 is 1.30 bits per heavy atom. The number of amides is 2. The zero-order valence-corrected chi connectivity index (χ0v) is 13.2. The normalized spacial score (nSPS) is 15.8. The first-order valence-electron chi connectivity index (χ1n) is 7.82. The summed E-state index contributed by atoms with van der Waals surface area (Å²) in [6.07, 6.45) is 1.53. The topological polar surface area (TPSA) is 74.4 Å². The molecule has 0 atom stereocenters. The second-order valence-electron chi connectivity index (χ2n) is 5.84. The van der Waals surface area contributed by atoms with Crippen LogP contribution in [0.1, 0.15) is 23.3 Å². The smallest absolute Gasteiger partial charge is 0.270 e. The molecule has 3 rings (SSSR count). The number of aromatic nitrogens is 1. The van der Waals surface area contributed by atoms with Crippen LogP contribution in [0.25, 0.3) is 10.9 Å². The van der Waals surface area contributed by atoms with Crippen molar-refractivity contribution in [3.05, 3.63) is 36.0 Å². The summed E-state index contributed by atoms with van der Waals surface area (Å²) in [7, 11) is 1.50. The average molecular weight is 315 g/mol. The molecule has 2 N–H and O–H groups in total. The third kappa shape index (κ3) is 3.53. The Morgan fingerprint density at radius 3 is 2.74 bits per heavy atom. The highest BCUT2D eigenvalue weighted by Gasteiger charge is 2.25. The van der Waals surface area contributed by atoms with E-state index >= 15 is 0 Å². The number of hydrogen-bond donors (Lipinski definition) is 2. The van der Waals surface area contributed by atoms with Crippen LogP contribution in [0, 0.1) is 0 Å². The molecule has 122 valence electrons. The quantitative estimate of drug-likeness (QED) is 0.898. The van der Waals surface area contributed by atoms with Crippen LogP contribution in [0.2, 0.25) is 0 Å². The molecular formula is C17H21N3O3. The van der Waals surface area contributed by atoms with Gasteiger partial charge in [-0.05, 0) is 25.0 Å². The predicted molar refractivity (Wildman–Crippen MR) is 87.2 cm³/mol. The molecule has 1 fully saturated rings. The maximum atomic E-state index is 12.6. The lowest BCUT2D eigenvalue weighted by molar-refractivity contribution is -0.125. The standard InChI is InChI=1S/C17H21N3O3/c1-23-11-16(21)18-13-6-8-20(9-7-13)17(22)15-10-12-4-2-3-5-14(12)19-15/h2-5,10,13,19H,6-9,11H2,1H3,(H,18,21). The van der Waals surface area contributed by atoms with E-state index in [0.717, 1.165) is 23.7 Å². The van der Waals surface area contributed by atoms with Gasteiger partial charge < -0.3 is 19.9 Å². The lowest BCUT2D eigenvalue weighted by Gasteiger charge is -2.32. The maximum absolute atomic E-state index is 12.6. The van der Waals surface area contributed by atoms with E-state index in [0.29, 0.717) is 18.8 Å². The molecule has 0 spiro atoms. The van der Waals surface area contributed by atoms with Gasteiger partial charge in [-0.25, -0.2) is 0 Å². The highest BCUT2D eigenvalue weighted by molar-refractivity contribution is 5.98. The Kier molecular flexibility index (Phi) is 4.62. The summed E-state index contributed by atoms with van der Waals surface area (Å²) < 4.78 is 4.81. The number of ether oxygens (including phenoxy) is 1. The molecule has 1 aliphatic heterocycles. The number of hydrogen-bond acceptors (Lipinski definition) is 3. The number of H-pyrrole nitrogens is 1. The number of nitrogens with zero attached hydrogens (tertiary/aromatic N) is 1. The molecule has 6 nitrogen and oxygen atoms in total. The molecule has 0 radical (unpaired) electrons. The number of piperidine rings is 1. The molecule has 0 saturated carbocycles. The fraction of sp³-hybridized carbons (Fsp3) is 0.412. The molecule has 1 aliphatic rings. The van der Waals surface area contributed by atoms with Gasteiger partial charge in [0.25, 0.3) is 5.91 Å². The summed E-state index contributed by atoms with van der Waals surface area (Å²) in [5.41, 5.74) is 1.59. The van der Waals surface area contributed by atoms with Crippen molar-refractivity contribution >= 4 is 22.7 Å². The SMILES string of the molecule is COCC(=O)NC1CCN(C(=O)c2cc3ccccc3[nH]2)CC1. The molecular weight excluding hydrogens is 294 g/mol. The minimum atomic E-state index is -0.104. The van der Waals surface area contributed by atoms with E-state index in [-0.39, 0.29) is 24.5 Å². The number of carbonyl (C=O) groups excluding carboxylic acids is 2. The highest BCUT2D eigenvalue weighted by atomic mass is 16.5. The van der Waals surface area contributed by atoms with Gasteiger partial charge in [0.15, 0.2) is 0 Å². The van der Waals surface area contributed by atoms with Crippen molar-refractivity contribution in [3.8, 4) is 0 Å². The van der Waals surface area contributed by atoms with E-state index in [1.807, 2.05) is 35.2 Å². The molecule has 1 aromatic heterocycles. The predicted octanol–water partition coefficient (Wildman–Crippen LogP) is 1.54. The van der Waals surface area contributed by atoms with Crippen LogP contribution < -0.4 is 5.32 Å². The number of benzene rings is 1. The van der Waals surface area contributed by atoms with Crippen molar-refractivity contribution in [2.45, 2.75) is 18.9 Å². The van der Waals surface area contributed by atoms with Crippen molar-refractivity contribution in [1.29, 1.82) is 0 Å². The Balaban J connectivity index is 1.58. The van der Waals surface area contributed by atoms with E-state index in [9.17, 15) is 9.59 Å². The van der Waals surface area contributed by atoms with Crippen LogP contribution in [-0.2, 0) is 9.53 Å². The largest absolute Gasteiger partial charge is 0.375 e. The van der Waals surface area contributed by atoms with Crippen LogP contribution in [0.15, 0.2) is 30.3 Å². The third-order valence-electron chi connectivity index (χ3n) is 4.18. The van der Waals surface area contributed by atoms with Gasteiger partial charge in [0.1, 0.15) is 12.3 Å². The molecule has 2 heterocycles. The maximum Gasteiger partial charge on any atom is 0.270 e. The molecule has 1 saturated heterocycles. The van der Waals surface area contributed by atoms with E-state index in [1.165, 1.54) is 7.11 Å². The Morgan fingerprint density at radius 2 is 2.04 bits per heavy atom. The van der Waals surface area contributed by atoms with Gasteiger partial charge in [0.05, 0.1) is 0 Å². The number of para-hydroxylation sites is 1. The van der Waals surface area contributed by atoms with Gasteiger partial charge in [0, 0.05) is 37.1 Å². The average Bonchev–Trinajstić information content (AvgIpc) is 2.99. The van der Waals surface area contributed by atoms with E-state index in [4.69, 9.17) is 4.74 Å². The van der Waals surface area contributed by atoms with E-state index < -0.39 is 0 Å². The number of carbonyl (C=O) groups is 2. The third-order valence-corrected chi connectivity index (χ3v) is 4.18. The Hall–Kier alpha value is -2.34. The molecule has 23 heavy (non-hydrogen) atoms. The summed E-state index contributed by atoms with van der Waals surface area (Å²) in [5.74, 6) is -0.0873. The fourth-order valence-electron chi connectivity index (χ4n) is 2.99. The molecule has 2 amide bonds. The summed E-state index contributed by atoms with van der Waals surface area (Å²) in [4.78, 5) is 29.1. The lowest BCUT2D eigenvalue weighted by atomic mass is 10.0. The number of likely N-dealkylation sites (tertiary alicyclic amines) is 1. The fourth-order valence-corrected chi connectivity index (χ4v) is 2.99. The zero-order chi connectivity index (χ0) is 16.2. The number of aromatic amines is 1. The summed E-state index contributed by atoms with van der Waals surface area (Å²) in [5, 5.41) is 3.97. The van der Waals surface area contributed by atoms with Crippen LogP contribution in [0.4, 0.5) is 0 Å². The summed E-state index contributed by atoms with van der Waals surface area (Å²) in [6.45, 7) is 1.37. The van der Waals surface area contributed by atoms with Crippen molar-refractivity contribution in [3.63, 3.8) is 0 Å². The molecule has 0 aliphatic carbocycles. The Labute approximate surface area is 134 Å². The molecule has 2 aromatic rings. The summed E-state index contributed by atoms with van der Waals surface area (Å²) >= 11 is 0. The van der Waals surface area contributed by atoms with Crippen molar-refractivity contribution in [2.24, 2.45) is 0 Å². The first kappa shape index (κ1) is 15.6. The van der Waals surface area contributed by atoms with Gasteiger partial charge in [-0.1, -0.05) is 18.2 Å². The summed E-state index contributed by atoms with van der Waals surface area (Å²) in [6, 6.07) is 9.86. The van der Waals surface area contributed by atoms with Gasteiger partial charge in [0.2, 0.25) is 5.91 Å². The first-order chi connectivity index (χ1) is 11.2. The minimum absolute atomic E-state index is 0.0165. The lowest BCUT2D eigenvalue weighted by Crippen LogP contribution is -2.47. The second kappa shape index (κ2) is 6.83. The van der Waals surface area contributed by atoms with Gasteiger partial charge >= 0.3 is 0 Å². The van der Waals surface area contributed by atoms with Crippen LogP contribution in [0.5, 0.6) is 0 Å². The molecule has 0 bridgehead atoms. The monoisotopic (exact) mass is 315 g/mol. The van der Waals surface area contributed by atoms with Crippen molar-refractivity contribution in [2.75, 3.05) is 26.8 Å². The van der Waals surface area contributed by atoms with Crippen molar-refractivity contribution < 1.29 is 14.3 Å². The van der Waals surface area contributed by atoms with Gasteiger partial charge in [-0.2, -0.15) is 0 Å². The van der Waals surface area contributed by atoms with Crippen LogP contribution in [-0.4, -0.2) is 54.5 Å². The first-order valence-corrected chi connectivity index (χ1v) is 7.82. The van der Waals surface area contributed by atoms with Gasteiger partial charge in [-0.15, -0.1) is 0 Å². The number of methoxy groups -OCH3 is 1. The van der Waals surface area contributed by atoms with Gasteiger partial charge in [-0.3, -0.25) is 9.59 Å². The number of fused-ring (bicyclic) bond motifs is 1. The highest BCUT2D eigenvalue weighted by Crippen LogP contribution is 2.18. The van der Waals surface area contributed by atoms with E-state index in [1.54, 1.807) is 0 Å². The van der Waals surface area contributed by atoms with Crippen LogP contribution in [0.3, 0.4) is 0 Å². The molecule has 1 aromatic carbocycles. The van der Waals surface area contributed by atoms with Crippen molar-refractivity contribution in [1.82, 2.24) is 15.2 Å². The second-order valence-corrected chi connectivity index (χ2v) is 5.84. The minimum Gasteiger partial charge on any atom is -0.375 e. The van der Waals surface area contributed by atoms with Crippen LogP contribution >= 0.6 is 0 Å². The Bertz CT molecular complexity index is 669. The number of nitrogens with one attached hydrogen (secondary N) is 2. The number of rotatable bonds is 4. The molecule has 0 unspecified atom stereocenters. The zero-order valence-electron chi connectivity index (χ0n) is 13.2. The van der Waals surface area contributed by atoms with E-state index in [2.05, 4.69) is 10.3 Å². The molecule has 6 heteroatoms.